The molecule has 3 atom stereocenters. The zero-order chi connectivity index (χ0) is 11.6. The first kappa shape index (κ1) is 10.8. The Morgan fingerprint density at radius 2 is 1.94 bits per heavy atom. The first-order valence-electron chi connectivity index (χ1n) is 6.80. The fraction of sp³-hybridized carbons (Fsp3) is 0.867. The summed E-state index contributed by atoms with van der Waals surface area (Å²) in [6, 6.07) is 0. The van der Waals surface area contributed by atoms with Gasteiger partial charge in [0.05, 0.1) is 6.61 Å². The van der Waals surface area contributed by atoms with E-state index in [0.29, 0.717) is 10.8 Å². The second-order valence-electron chi connectivity index (χ2n) is 6.83. The van der Waals surface area contributed by atoms with E-state index in [-0.39, 0.29) is 6.61 Å². The molecule has 4 aliphatic carbocycles. The summed E-state index contributed by atoms with van der Waals surface area (Å²) in [6.07, 6.45) is 7.76. The summed E-state index contributed by atoms with van der Waals surface area (Å²) in [7, 11) is 0. The van der Waals surface area contributed by atoms with Crippen molar-refractivity contribution in [2.45, 2.75) is 46.5 Å². The molecule has 4 bridgehead atoms. The molecule has 90 valence electrons. The highest BCUT2D eigenvalue weighted by Crippen LogP contribution is 2.87. The third-order valence-electron chi connectivity index (χ3n) is 6.53. The van der Waals surface area contributed by atoms with Crippen molar-refractivity contribution in [3.8, 4) is 0 Å². The molecule has 4 aliphatic rings. The van der Waals surface area contributed by atoms with Gasteiger partial charge in [-0.1, -0.05) is 25.5 Å². The van der Waals surface area contributed by atoms with Crippen molar-refractivity contribution in [1.29, 1.82) is 0 Å². The summed E-state index contributed by atoms with van der Waals surface area (Å²) in [6.45, 7) is 7.33. The molecular weight excluding hydrogens is 196 g/mol. The molecule has 0 spiro atoms. The fourth-order valence-electron chi connectivity index (χ4n) is 5.19. The van der Waals surface area contributed by atoms with Crippen molar-refractivity contribution in [3.63, 3.8) is 0 Å². The Hall–Kier alpha value is -0.300. The van der Waals surface area contributed by atoms with Gasteiger partial charge in [0.2, 0.25) is 0 Å². The van der Waals surface area contributed by atoms with Crippen molar-refractivity contribution in [2.24, 2.45) is 28.6 Å². The lowest BCUT2D eigenvalue weighted by Crippen LogP contribution is -2.26. The van der Waals surface area contributed by atoms with Crippen molar-refractivity contribution < 1.29 is 5.11 Å². The van der Waals surface area contributed by atoms with Crippen LogP contribution in [0.2, 0.25) is 0 Å². The number of allylic oxidation sites excluding steroid dienone is 1. The van der Waals surface area contributed by atoms with Crippen LogP contribution in [0.4, 0.5) is 0 Å². The molecule has 0 aromatic carbocycles. The average molecular weight is 220 g/mol. The van der Waals surface area contributed by atoms with Crippen LogP contribution in [0.15, 0.2) is 11.6 Å². The highest BCUT2D eigenvalue weighted by molar-refractivity contribution is 5.29. The van der Waals surface area contributed by atoms with Crippen LogP contribution in [0, 0.1) is 28.6 Å². The van der Waals surface area contributed by atoms with Gasteiger partial charge in [-0.15, -0.1) is 0 Å². The number of aliphatic hydroxyl groups is 1. The molecular formula is C15H24O. The molecule has 1 N–H and O–H groups in total. The Morgan fingerprint density at radius 3 is 2.38 bits per heavy atom. The molecule has 0 aliphatic heterocycles. The third kappa shape index (κ3) is 1.06. The second-order valence-corrected chi connectivity index (χ2v) is 6.83. The van der Waals surface area contributed by atoms with E-state index in [1.165, 1.54) is 19.3 Å². The van der Waals surface area contributed by atoms with E-state index < -0.39 is 0 Å². The van der Waals surface area contributed by atoms with Gasteiger partial charge in [0.1, 0.15) is 0 Å². The van der Waals surface area contributed by atoms with Crippen LogP contribution >= 0.6 is 0 Å². The first-order valence-corrected chi connectivity index (χ1v) is 6.80. The summed E-state index contributed by atoms with van der Waals surface area (Å²) in [5, 5.41) is 8.99. The van der Waals surface area contributed by atoms with E-state index >= 15 is 0 Å². The van der Waals surface area contributed by atoms with Crippen molar-refractivity contribution >= 4 is 0 Å². The minimum atomic E-state index is 0.225. The van der Waals surface area contributed by atoms with Gasteiger partial charge in [-0.3, -0.25) is 0 Å². The smallest absolute Gasteiger partial charge is 0.0639 e. The van der Waals surface area contributed by atoms with Gasteiger partial charge in [-0.2, -0.15) is 0 Å². The molecule has 0 aromatic rings. The number of rotatable bonds is 4. The molecule has 4 rings (SSSR count). The standard InChI is InChI=1S/C15H24O/c1-10(9-16)5-4-6-14(2)11-7-12-13(8-11)15(12,14)3/h5,11-13,16H,4,6-9H2,1-3H3/b10-5+/t11?,12-,13-,14+,15?/m0/s1. The maximum Gasteiger partial charge on any atom is 0.0639 e. The van der Waals surface area contributed by atoms with E-state index in [4.69, 9.17) is 5.11 Å². The Labute approximate surface area is 98.9 Å². The van der Waals surface area contributed by atoms with E-state index in [0.717, 1.165) is 29.7 Å². The summed E-state index contributed by atoms with van der Waals surface area (Å²) in [5.41, 5.74) is 2.43. The van der Waals surface area contributed by atoms with Crippen LogP contribution in [0.5, 0.6) is 0 Å². The van der Waals surface area contributed by atoms with E-state index in [1.54, 1.807) is 0 Å². The first-order chi connectivity index (χ1) is 7.54. The Balaban J connectivity index is 1.68. The van der Waals surface area contributed by atoms with Gasteiger partial charge in [0, 0.05) is 0 Å². The molecule has 1 nitrogen and oxygen atoms in total. The SMILES string of the molecule is C/C(=C\CC[C@]1(C)C2C[C@H]3[C@H](C2)C31C)CO. The van der Waals surface area contributed by atoms with Crippen molar-refractivity contribution in [3.05, 3.63) is 11.6 Å². The maximum absolute atomic E-state index is 8.99. The lowest BCUT2D eigenvalue weighted by molar-refractivity contribution is 0.154. The molecule has 1 heteroatoms. The molecule has 0 heterocycles. The quantitative estimate of drug-likeness (QED) is 0.720. The Bertz CT molecular complexity index is 331. The topological polar surface area (TPSA) is 20.2 Å². The third-order valence-corrected chi connectivity index (χ3v) is 6.53. The van der Waals surface area contributed by atoms with Crippen LogP contribution in [0.3, 0.4) is 0 Å². The zero-order valence-electron chi connectivity index (χ0n) is 10.8. The lowest BCUT2D eigenvalue weighted by atomic mass is 9.71. The minimum absolute atomic E-state index is 0.225. The Morgan fingerprint density at radius 1 is 1.31 bits per heavy atom. The van der Waals surface area contributed by atoms with Gasteiger partial charge in [0.25, 0.3) is 0 Å². The predicted octanol–water partition coefficient (Wildman–Crippen LogP) is 3.39. The fourth-order valence-corrected chi connectivity index (χ4v) is 5.19. The van der Waals surface area contributed by atoms with Gasteiger partial charge < -0.3 is 5.11 Å². The number of hydrogen-bond donors (Lipinski definition) is 1. The average Bonchev–Trinajstić information content (AvgIpc) is 2.62. The molecule has 0 amide bonds. The van der Waals surface area contributed by atoms with Crippen LogP contribution in [-0.2, 0) is 0 Å². The number of hydrogen-bond acceptors (Lipinski definition) is 1. The normalized spacial score (nSPS) is 53.5. The minimum Gasteiger partial charge on any atom is -0.392 e. The molecule has 0 aromatic heterocycles. The van der Waals surface area contributed by atoms with Gasteiger partial charge in [-0.25, -0.2) is 0 Å². The van der Waals surface area contributed by atoms with Crippen LogP contribution in [0.1, 0.15) is 46.5 Å². The molecule has 0 unspecified atom stereocenters. The van der Waals surface area contributed by atoms with E-state index in [2.05, 4.69) is 19.9 Å². The summed E-state index contributed by atoms with van der Waals surface area (Å²) < 4.78 is 0. The largest absolute Gasteiger partial charge is 0.392 e. The van der Waals surface area contributed by atoms with Gasteiger partial charge in [-0.05, 0) is 61.2 Å². The van der Waals surface area contributed by atoms with E-state index in [9.17, 15) is 0 Å². The second kappa shape index (κ2) is 3.13. The van der Waals surface area contributed by atoms with Crippen molar-refractivity contribution in [1.82, 2.24) is 0 Å². The van der Waals surface area contributed by atoms with Gasteiger partial charge in [0.15, 0.2) is 0 Å². The predicted molar refractivity (Wildman–Crippen MR) is 66.0 cm³/mol. The highest BCUT2D eigenvalue weighted by Gasteiger charge is 2.80. The van der Waals surface area contributed by atoms with Crippen molar-refractivity contribution in [2.75, 3.05) is 6.61 Å². The maximum atomic E-state index is 8.99. The van der Waals surface area contributed by atoms with Crippen LogP contribution in [-0.4, -0.2) is 11.7 Å². The summed E-state index contributed by atoms with van der Waals surface area (Å²) in [4.78, 5) is 0. The molecule has 0 saturated heterocycles. The van der Waals surface area contributed by atoms with Crippen LogP contribution < -0.4 is 0 Å². The number of aliphatic hydroxyl groups excluding tert-OH is 1. The Kier molecular flexibility index (Phi) is 2.12. The summed E-state index contributed by atoms with van der Waals surface area (Å²) in [5.74, 6) is 3.16. The van der Waals surface area contributed by atoms with Crippen LogP contribution in [0.25, 0.3) is 0 Å². The summed E-state index contributed by atoms with van der Waals surface area (Å²) >= 11 is 0. The molecule has 16 heavy (non-hydrogen) atoms. The van der Waals surface area contributed by atoms with Gasteiger partial charge >= 0.3 is 0 Å². The monoisotopic (exact) mass is 220 g/mol. The molecule has 0 radical (unpaired) electrons. The molecule has 4 fully saturated rings. The highest BCUT2D eigenvalue weighted by atomic mass is 16.3. The molecule has 4 saturated carbocycles. The van der Waals surface area contributed by atoms with E-state index in [1.807, 2.05) is 6.92 Å². The zero-order valence-corrected chi connectivity index (χ0v) is 10.8. The lowest BCUT2D eigenvalue weighted by Gasteiger charge is -2.34.